The van der Waals surface area contributed by atoms with Crippen LogP contribution in [0.1, 0.15) is 40.9 Å². The van der Waals surface area contributed by atoms with E-state index in [1.165, 1.54) is 5.56 Å². The lowest BCUT2D eigenvalue weighted by Crippen LogP contribution is -2.15. The van der Waals surface area contributed by atoms with Crippen molar-refractivity contribution >= 4 is 11.8 Å². The Morgan fingerprint density at radius 1 is 1.04 bits per heavy atom. The molecule has 24 heavy (non-hydrogen) atoms. The number of benzene rings is 2. The molecule has 0 aliphatic rings. The summed E-state index contributed by atoms with van der Waals surface area (Å²) in [5.74, 6) is 0.130. The number of nitrogens with zero attached hydrogens (tertiary/aromatic N) is 1. The van der Waals surface area contributed by atoms with Crippen LogP contribution in [0.25, 0.3) is 0 Å². The summed E-state index contributed by atoms with van der Waals surface area (Å²) in [4.78, 5) is 16.8. The maximum atomic E-state index is 11.9. The van der Waals surface area contributed by atoms with Crippen LogP contribution >= 0.6 is 0 Å². The Balaban J connectivity index is 2.00. The number of nitrogens with two attached hydrogens (primary N) is 1. The Bertz CT molecular complexity index is 704. The van der Waals surface area contributed by atoms with E-state index < -0.39 is 5.97 Å². The molecule has 3 N–H and O–H groups in total. The third kappa shape index (κ3) is 4.93. The summed E-state index contributed by atoms with van der Waals surface area (Å²) in [5, 5.41) is 12.7. The van der Waals surface area contributed by atoms with Gasteiger partial charge in [-0.05, 0) is 35.6 Å². The van der Waals surface area contributed by atoms with Crippen molar-refractivity contribution in [2.75, 3.05) is 0 Å². The van der Waals surface area contributed by atoms with Gasteiger partial charge in [0.1, 0.15) is 0 Å². The van der Waals surface area contributed by atoms with Gasteiger partial charge in [-0.3, -0.25) is 0 Å². The van der Waals surface area contributed by atoms with E-state index in [9.17, 15) is 4.79 Å². The van der Waals surface area contributed by atoms with E-state index in [0.29, 0.717) is 17.0 Å². The van der Waals surface area contributed by atoms with Crippen LogP contribution in [0.4, 0.5) is 0 Å². The molecule has 0 saturated heterocycles. The highest BCUT2D eigenvalue weighted by Crippen LogP contribution is 2.10. The number of hydrogen-bond donors (Lipinski definition) is 2. The lowest BCUT2D eigenvalue weighted by Gasteiger charge is -2.06. The molecule has 0 atom stereocenters. The summed E-state index contributed by atoms with van der Waals surface area (Å²) in [6, 6.07) is 14.1. The summed E-state index contributed by atoms with van der Waals surface area (Å²) >= 11 is 0. The maximum absolute atomic E-state index is 11.9. The molecule has 0 saturated carbocycles. The zero-order chi connectivity index (χ0) is 17.5. The molecular formula is C19H22N2O3. The van der Waals surface area contributed by atoms with Gasteiger partial charge in [0.15, 0.2) is 5.84 Å². The van der Waals surface area contributed by atoms with Gasteiger partial charge in [-0.2, -0.15) is 0 Å². The van der Waals surface area contributed by atoms with Gasteiger partial charge in [-0.15, -0.1) is 0 Å². The molecule has 0 bridgehead atoms. The van der Waals surface area contributed by atoms with E-state index in [1.807, 2.05) is 24.3 Å². The van der Waals surface area contributed by atoms with Gasteiger partial charge in [0.25, 0.3) is 0 Å². The summed E-state index contributed by atoms with van der Waals surface area (Å²) in [7, 11) is 0. The molecule has 5 nitrogen and oxygen atoms in total. The first-order valence-corrected chi connectivity index (χ1v) is 7.83. The van der Waals surface area contributed by atoms with Gasteiger partial charge in [0.05, 0.1) is 12.2 Å². The zero-order valence-electron chi connectivity index (χ0n) is 13.9. The van der Waals surface area contributed by atoms with E-state index >= 15 is 0 Å². The van der Waals surface area contributed by atoms with Crippen molar-refractivity contribution in [3.63, 3.8) is 0 Å². The molecule has 0 aromatic heterocycles. The van der Waals surface area contributed by atoms with Crippen LogP contribution in [-0.4, -0.2) is 16.9 Å². The van der Waals surface area contributed by atoms with Gasteiger partial charge in [0, 0.05) is 5.56 Å². The number of carbonyl (C=O) groups excluding carboxylic acids is 1. The van der Waals surface area contributed by atoms with Crippen LogP contribution in [0, 0.1) is 5.92 Å². The molecular weight excluding hydrogens is 304 g/mol. The minimum absolute atomic E-state index is 0.0762. The summed E-state index contributed by atoms with van der Waals surface area (Å²) in [6.07, 6.45) is 0.996. The molecule has 0 fully saturated rings. The van der Waals surface area contributed by atoms with Crippen molar-refractivity contribution in [3.8, 4) is 0 Å². The van der Waals surface area contributed by atoms with Crippen LogP contribution in [-0.2, 0) is 17.9 Å². The number of hydrogen-bond acceptors (Lipinski definition) is 4. The molecule has 0 spiro atoms. The van der Waals surface area contributed by atoms with E-state index in [4.69, 9.17) is 15.7 Å². The van der Waals surface area contributed by atoms with Crippen LogP contribution in [0.3, 0.4) is 0 Å². The van der Waals surface area contributed by atoms with Gasteiger partial charge in [0.2, 0.25) is 0 Å². The van der Waals surface area contributed by atoms with E-state index in [0.717, 1.165) is 12.0 Å². The third-order valence-electron chi connectivity index (χ3n) is 3.49. The van der Waals surface area contributed by atoms with Crippen LogP contribution < -0.4 is 5.73 Å². The molecule has 0 aliphatic heterocycles. The minimum Gasteiger partial charge on any atom is -0.392 e. The molecule has 0 radical (unpaired) electrons. The van der Waals surface area contributed by atoms with Gasteiger partial charge < -0.3 is 15.7 Å². The van der Waals surface area contributed by atoms with Crippen molar-refractivity contribution < 1.29 is 14.7 Å². The quantitative estimate of drug-likeness (QED) is 0.370. The third-order valence-corrected chi connectivity index (χ3v) is 3.49. The fraction of sp³-hybridized carbons (Fsp3) is 0.263. The predicted molar refractivity (Wildman–Crippen MR) is 93.5 cm³/mol. The standard InChI is InChI=1S/C19H22N2O3/c1-13(2)11-14-3-7-16(8-4-14)18(20)21-24-19(23)17-9-5-15(12-22)6-10-17/h3-10,13,22H,11-12H2,1-2H3,(H2,20,21). The van der Waals surface area contributed by atoms with Gasteiger partial charge in [-0.25, -0.2) is 4.79 Å². The Morgan fingerprint density at radius 3 is 2.12 bits per heavy atom. The Hall–Kier alpha value is -2.66. The second kappa shape index (κ2) is 8.26. The summed E-state index contributed by atoms with van der Waals surface area (Å²) < 4.78 is 0. The molecule has 2 aromatic carbocycles. The van der Waals surface area contributed by atoms with E-state index in [-0.39, 0.29) is 12.4 Å². The maximum Gasteiger partial charge on any atom is 0.365 e. The fourth-order valence-electron chi connectivity index (χ4n) is 2.23. The number of aliphatic hydroxyl groups excluding tert-OH is 1. The van der Waals surface area contributed by atoms with Gasteiger partial charge >= 0.3 is 5.97 Å². The molecule has 5 heteroatoms. The second-order valence-electron chi connectivity index (χ2n) is 6.01. The lowest BCUT2D eigenvalue weighted by atomic mass is 10.0. The van der Waals surface area contributed by atoms with Crippen LogP contribution in [0.2, 0.25) is 0 Å². The first-order chi connectivity index (χ1) is 11.5. The highest BCUT2D eigenvalue weighted by Gasteiger charge is 2.08. The monoisotopic (exact) mass is 326 g/mol. The van der Waals surface area contributed by atoms with Crippen molar-refractivity contribution in [1.82, 2.24) is 0 Å². The SMILES string of the molecule is CC(C)Cc1ccc(/C(N)=N/OC(=O)c2ccc(CO)cc2)cc1. The molecule has 0 amide bonds. The normalized spacial score (nSPS) is 11.6. The first-order valence-electron chi connectivity index (χ1n) is 7.83. The number of rotatable bonds is 6. The largest absolute Gasteiger partial charge is 0.392 e. The van der Waals surface area contributed by atoms with Crippen molar-refractivity contribution in [1.29, 1.82) is 0 Å². The Morgan fingerprint density at radius 2 is 1.58 bits per heavy atom. The molecule has 0 heterocycles. The minimum atomic E-state index is -0.598. The summed E-state index contributed by atoms with van der Waals surface area (Å²) in [6.45, 7) is 4.25. The van der Waals surface area contributed by atoms with Crippen molar-refractivity contribution in [2.45, 2.75) is 26.9 Å². The molecule has 126 valence electrons. The number of aliphatic hydroxyl groups is 1. The van der Waals surface area contributed by atoms with E-state index in [2.05, 4.69) is 19.0 Å². The molecule has 2 aromatic rings. The molecule has 2 rings (SSSR count). The fourth-order valence-corrected chi connectivity index (χ4v) is 2.23. The van der Waals surface area contributed by atoms with Crippen LogP contribution in [0.15, 0.2) is 53.7 Å². The highest BCUT2D eigenvalue weighted by atomic mass is 16.7. The summed E-state index contributed by atoms with van der Waals surface area (Å²) in [5.41, 5.74) is 8.84. The first kappa shape index (κ1) is 17.7. The van der Waals surface area contributed by atoms with Gasteiger partial charge in [-0.1, -0.05) is 55.4 Å². The highest BCUT2D eigenvalue weighted by molar-refractivity contribution is 5.98. The number of oxime groups is 1. The van der Waals surface area contributed by atoms with E-state index in [1.54, 1.807) is 24.3 Å². The predicted octanol–water partition coefficient (Wildman–Crippen LogP) is 2.85. The zero-order valence-corrected chi connectivity index (χ0v) is 13.9. The topological polar surface area (TPSA) is 84.9 Å². The molecule has 0 unspecified atom stereocenters. The second-order valence-corrected chi connectivity index (χ2v) is 6.01. The van der Waals surface area contributed by atoms with Crippen molar-refractivity contribution in [2.24, 2.45) is 16.8 Å². The van der Waals surface area contributed by atoms with Crippen molar-refractivity contribution in [3.05, 3.63) is 70.8 Å². The number of amidine groups is 1. The average molecular weight is 326 g/mol. The lowest BCUT2D eigenvalue weighted by molar-refractivity contribution is 0.0516. The Labute approximate surface area is 141 Å². The number of carbonyl (C=O) groups is 1. The molecule has 0 aliphatic carbocycles. The Kier molecular flexibility index (Phi) is 6.09. The average Bonchev–Trinajstić information content (AvgIpc) is 2.59. The smallest absolute Gasteiger partial charge is 0.365 e. The van der Waals surface area contributed by atoms with Crippen LogP contribution in [0.5, 0.6) is 0 Å².